The molecule has 3 nitrogen and oxygen atoms in total. The number of carboxylic acid groups (broad SMARTS) is 1. The first-order valence-corrected chi connectivity index (χ1v) is 6.07. The van der Waals surface area contributed by atoms with Gasteiger partial charge in [-0.25, -0.2) is 0 Å². The molecule has 1 aliphatic heterocycles. The third kappa shape index (κ3) is 3.49. The highest BCUT2D eigenvalue weighted by Crippen LogP contribution is 2.32. The maximum absolute atomic E-state index is 11.0. The molecule has 3 unspecified atom stereocenters. The molecule has 15 heavy (non-hydrogen) atoms. The molecule has 0 aromatic carbocycles. The van der Waals surface area contributed by atoms with Gasteiger partial charge in [-0.1, -0.05) is 33.1 Å². The fraction of sp³-hybridized carbons (Fsp3) is 0.917. The minimum atomic E-state index is -0.688. The normalized spacial score (nSPS) is 30.7. The van der Waals surface area contributed by atoms with Crippen molar-refractivity contribution in [1.29, 1.82) is 0 Å². The van der Waals surface area contributed by atoms with Gasteiger partial charge in [-0.2, -0.15) is 0 Å². The summed E-state index contributed by atoms with van der Waals surface area (Å²) >= 11 is 0. The number of hydrogen-bond acceptors (Lipinski definition) is 2. The average Bonchev–Trinajstić information content (AvgIpc) is 2.59. The summed E-state index contributed by atoms with van der Waals surface area (Å²) in [5.41, 5.74) is 0. The molecule has 0 spiro atoms. The summed E-state index contributed by atoms with van der Waals surface area (Å²) in [7, 11) is 0. The quantitative estimate of drug-likeness (QED) is 0.739. The van der Waals surface area contributed by atoms with E-state index in [2.05, 4.69) is 13.8 Å². The molecule has 88 valence electrons. The second-order valence-corrected chi connectivity index (χ2v) is 4.41. The van der Waals surface area contributed by atoms with Crippen molar-refractivity contribution in [2.24, 2.45) is 5.92 Å². The predicted octanol–water partition coefficient (Wildman–Crippen LogP) is 2.84. The van der Waals surface area contributed by atoms with Crippen molar-refractivity contribution >= 4 is 5.97 Å². The molecule has 0 amide bonds. The van der Waals surface area contributed by atoms with Gasteiger partial charge in [0.05, 0.1) is 18.1 Å². The van der Waals surface area contributed by atoms with Gasteiger partial charge in [0.1, 0.15) is 0 Å². The molecular weight excluding hydrogens is 192 g/mol. The van der Waals surface area contributed by atoms with E-state index in [0.29, 0.717) is 6.42 Å². The SMILES string of the molecule is CCCCC1CC(C(=O)O)C(CCC)O1. The molecule has 1 aliphatic rings. The van der Waals surface area contributed by atoms with Crippen LogP contribution in [-0.2, 0) is 9.53 Å². The van der Waals surface area contributed by atoms with Gasteiger partial charge in [0.25, 0.3) is 0 Å². The van der Waals surface area contributed by atoms with Crippen molar-refractivity contribution in [2.75, 3.05) is 0 Å². The highest BCUT2D eigenvalue weighted by Gasteiger charge is 2.38. The van der Waals surface area contributed by atoms with Crippen molar-refractivity contribution in [3.05, 3.63) is 0 Å². The first-order valence-electron chi connectivity index (χ1n) is 6.07. The Bertz CT molecular complexity index is 203. The largest absolute Gasteiger partial charge is 0.481 e. The Morgan fingerprint density at radius 1 is 1.33 bits per heavy atom. The van der Waals surface area contributed by atoms with Crippen molar-refractivity contribution in [3.8, 4) is 0 Å². The van der Waals surface area contributed by atoms with Crippen molar-refractivity contribution < 1.29 is 14.6 Å². The molecule has 1 N–H and O–H groups in total. The lowest BCUT2D eigenvalue weighted by Crippen LogP contribution is -2.23. The Morgan fingerprint density at radius 3 is 2.60 bits per heavy atom. The first-order chi connectivity index (χ1) is 7.19. The highest BCUT2D eigenvalue weighted by atomic mass is 16.5. The molecule has 3 heteroatoms. The summed E-state index contributed by atoms with van der Waals surface area (Å²) in [6, 6.07) is 0. The lowest BCUT2D eigenvalue weighted by Gasteiger charge is -2.14. The molecule has 1 fully saturated rings. The third-order valence-corrected chi connectivity index (χ3v) is 3.10. The number of ether oxygens (including phenoxy) is 1. The summed E-state index contributed by atoms with van der Waals surface area (Å²) in [6.07, 6.45) is 6.01. The maximum Gasteiger partial charge on any atom is 0.309 e. The molecule has 0 aromatic heterocycles. The summed E-state index contributed by atoms with van der Waals surface area (Å²) in [5, 5.41) is 9.07. The van der Waals surface area contributed by atoms with Gasteiger partial charge < -0.3 is 9.84 Å². The highest BCUT2D eigenvalue weighted by molar-refractivity contribution is 5.71. The van der Waals surface area contributed by atoms with Gasteiger partial charge in [-0.05, 0) is 19.3 Å². The van der Waals surface area contributed by atoms with Crippen LogP contribution in [-0.4, -0.2) is 23.3 Å². The molecule has 0 aliphatic carbocycles. The van der Waals surface area contributed by atoms with Crippen LogP contribution in [0.25, 0.3) is 0 Å². The van der Waals surface area contributed by atoms with E-state index in [9.17, 15) is 4.79 Å². The van der Waals surface area contributed by atoms with Crippen LogP contribution in [0.15, 0.2) is 0 Å². The van der Waals surface area contributed by atoms with Crippen molar-refractivity contribution in [1.82, 2.24) is 0 Å². The van der Waals surface area contributed by atoms with E-state index in [4.69, 9.17) is 9.84 Å². The lowest BCUT2D eigenvalue weighted by atomic mass is 9.95. The van der Waals surface area contributed by atoms with Crippen molar-refractivity contribution in [3.63, 3.8) is 0 Å². The van der Waals surface area contributed by atoms with Crippen molar-refractivity contribution in [2.45, 2.75) is 64.6 Å². The van der Waals surface area contributed by atoms with Gasteiger partial charge in [-0.3, -0.25) is 4.79 Å². The van der Waals surface area contributed by atoms with Gasteiger partial charge in [0, 0.05) is 0 Å². The van der Waals surface area contributed by atoms with Gasteiger partial charge in [-0.15, -0.1) is 0 Å². The molecule has 0 aromatic rings. The second kappa shape index (κ2) is 6.11. The zero-order valence-electron chi connectivity index (χ0n) is 9.74. The van der Waals surface area contributed by atoms with Crippen LogP contribution in [0.3, 0.4) is 0 Å². The number of rotatable bonds is 6. The maximum atomic E-state index is 11.0. The fourth-order valence-corrected chi connectivity index (χ4v) is 2.26. The van der Waals surface area contributed by atoms with E-state index in [1.54, 1.807) is 0 Å². The molecule has 0 bridgehead atoms. The van der Waals surface area contributed by atoms with E-state index >= 15 is 0 Å². The summed E-state index contributed by atoms with van der Waals surface area (Å²) < 4.78 is 5.80. The van der Waals surface area contributed by atoms with Crippen LogP contribution in [0, 0.1) is 5.92 Å². The Morgan fingerprint density at radius 2 is 2.07 bits per heavy atom. The molecule has 0 saturated carbocycles. The Balaban J connectivity index is 2.45. The minimum absolute atomic E-state index is 0.0469. The minimum Gasteiger partial charge on any atom is -0.481 e. The summed E-state index contributed by atoms with van der Waals surface area (Å²) in [4.78, 5) is 11.0. The van der Waals surface area contributed by atoms with E-state index in [0.717, 1.165) is 32.1 Å². The Labute approximate surface area is 91.8 Å². The molecule has 1 rings (SSSR count). The topological polar surface area (TPSA) is 46.5 Å². The van der Waals surface area contributed by atoms with Crippen LogP contribution in [0.1, 0.15) is 52.4 Å². The number of carbonyl (C=O) groups is 1. The second-order valence-electron chi connectivity index (χ2n) is 4.41. The molecule has 1 saturated heterocycles. The first kappa shape index (κ1) is 12.5. The Hall–Kier alpha value is -0.570. The van der Waals surface area contributed by atoms with E-state index in [1.807, 2.05) is 0 Å². The van der Waals surface area contributed by atoms with Gasteiger partial charge in [0.2, 0.25) is 0 Å². The number of aliphatic carboxylic acids is 1. The molecule has 3 atom stereocenters. The van der Waals surface area contributed by atoms with Crippen LogP contribution >= 0.6 is 0 Å². The zero-order valence-corrected chi connectivity index (χ0v) is 9.74. The standard InChI is InChI=1S/C12H22O3/c1-3-5-7-9-8-10(12(13)14)11(15-9)6-4-2/h9-11H,3-8H2,1-2H3,(H,13,14). The van der Waals surface area contributed by atoms with Crippen LogP contribution in [0.2, 0.25) is 0 Å². The Kier molecular flexibility index (Phi) is 5.09. The zero-order chi connectivity index (χ0) is 11.3. The third-order valence-electron chi connectivity index (χ3n) is 3.10. The van der Waals surface area contributed by atoms with Gasteiger partial charge in [0.15, 0.2) is 0 Å². The monoisotopic (exact) mass is 214 g/mol. The number of unbranched alkanes of at least 4 members (excludes halogenated alkanes) is 1. The number of carboxylic acids is 1. The van der Waals surface area contributed by atoms with E-state index < -0.39 is 5.97 Å². The smallest absolute Gasteiger partial charge is 0.309 e. The molecule has 0 radical (unpaired) electrons. The fourth-order valence-electron chi connectivity index (χ4n) is 2.26. The number of hydrogen-bond donors (Lipinski definition) is 1. The van der Waals surface area contributed by atoms with Crippen LogP contribution in [0.5, 0.6) is 0 Å². The van der Waals surface area contributed by atoms with E-state index in [-0.39, 0.29) is 18.1 Å². The molecular formula is C12H22O3. The molecule has 1 heterocycles. The average molecular weight is 214 g/mol. The van der Waals surface area contributed by atoms with Crippen LogP contribution in [0.4, 0.5) is 0 Å². The lowest BCUT2D eigenvalue weighted by molar-refractivity contribution is -0.143. The van der Waals surface area contributed by atoms with E-state index in [1.165, 1.54) is 0 Å². The van der Waals surface area contributed by atoms with Crippen LogP contribution < -0.4 is 0 Å². The predicted molar refractivity (Wildman–Crippen MR) is 58.8 cm³/mol. The summed E-state index contributed by atoms with van der Waals surface area (Å²) in [6.45, 7) is 4.22. The van der Waals surface area contributed by atoms with Gasteiger partial charge >= 0.3 is 5.97 Å². The summed E-state index contributed by atoms with van der Waals surface area (Å²) in [5.74, 6) is -0.959.